The molecule has 106 valence electrons. The highest BCUT2D eigenvalue weighted by Crippen LogP contribution is 2.27. The first-order valence-corrected chi connectivity index (χ1v) is 6.22. The van der Waals surface area contributed by atoms with E-state index in [-0.39, 0.29) is 12.0 Å². The number of aryl methyl sites for hydroxylation is 1. The fourth-order valence-electron chi connectivity index (χ4n) is 2.07. The molecule has 0 aliphatic heterocycles. The smallest absolute Gasteiger partial charge is 0.129 e. The molecule has 0 bridgehead atoms. The Balaban J connectivity index is 2.32. The van der Waals surface area contributed by atoms with Crippen molar-refractivity contribution < 1.29 is 18.3 Å². The first kappa shape index (κ1) is 14.6. The van der Waals surface area contributed by atoms with Gasteiger partial charge in [-0.15, -0.1) is 0 Å². The summed E-state index contributed by atoms with van der Waals surface area (Å²) in [4.78, 5) is 0. The van der Waals surface area contributed by atoms with Gasteiger partial charge in [-0.3, -0.25) is 0 Å². The summed E-state index contributed by atoms with van der Waals surface area (Å²) in [6, 6.07) is 7.56. The van der Waals surface area contributed by atoms with Crippen molar-refractivity contribution >= 4 is 0 Å². The second-order valence-electron chi connectivity index (χ2n) is 5.15. The summed E-state index contributed by atoms with van der Waals surface area (Å²) >= 11 is 0. The normalized spacial score (nSPS) is 14.1. The van der Waals surface area contributed by atoms with E-state index in [1.54, 1.807) is 19.1 Å². The van der Waals surface area contributed by atoms with Gasteiger partial charge < -0.3 is 5.11 Å². The van der Waals surface area contributed by atoms with Gasteiger partial charge >= 0.3 is 0 Å². The molecule has 1 nitrogen and oxygen atoms in total. The number of benzene rings is 2. The molecule has 2 aromatic rings. The lowest BCUT2D eigenvalue weighted by Crippen LogP contribution is -2.25. The van der Waals surface area contributed by atoms with E-state index in [1.807, 2.05) is 0 Å². The monoisotopic (exact) mass is 280 g/mol. The Labute approximate surface area is 115 Å². The lowest BCUT2D eigenvalue weighted by atomic mass is 9.88. The van der Waals surface area contributed by atoms with E-state index < -0.39 is 23.1 Å². The van der Waals surface area contributed by atoms with Crippen molar-refractivity contribution in [2.75, 3.05) is 0 Å². The average Bonchev–Trinajstić information content (AvgIpc) is 2.36. The molecule has 0 saturated carbocycles. The van der Waals surface area contributed by atoms with Crippen LogP contribution in [-0.2, 0) is 12.0 Å². The van der Waals surface area contributed by atoms with E-state index >= 15 is 0 Å². The summed E-state index contributed by atoms with van der Waals surface area (Å²) < 4.78 is 40.0. The van der Waals surface area contributed by atoms with Crippen LogP contribution in [0.2, 0.25) is 0 Å². The molecule has 4 heteroatoms. The SMILES string of the molecule is Cc1ccc(C(C)(O)Cc2ccc(F)cc2F)cc1F. The van der Waals surface area contributed by atoms with Gasteiger partial charge in [-0.25, -0.2) is 13.2 Å². The van der Waals surface area contributed by atoms with Crippen molar-refractivity contribution in [3.8, 4) is 0 Å². The highest BCUT2D eigenvalue weighted by atomic mass is 19.1. The van der Waals surface area contributed by atoms with Crippen molar-refractivity contribution in [2.45, 2.75) is 25.9 Å². The van der Waals surface area contributed by atoms with E-state index in [4.69, 9.17) is 0 Å². The fourth-order valence-corrected chi connectivity index (χ4v) is 2.07. The second-order valence-corrected chi connectivity index (χ2v) is 5.15. The van der Waals surface area contributed by atoms with Gasteiger partial charge in [-0.1, -0.05) is 18.2 Å². The Kier molecular flexibility index (Phi) is 3.86. The van der Waals surface area contributed by atoms with Crippen LogP contribution in [0.1, 0.15) is 23.6 Å². The molecular formula is C16H15F3O. The third-order valence-corrected chi connectivity index (χ3v) is 3.34. The molecule has 1 atom stereocenters. The maximum absolute atomic E-state index is 13.6. The zero-order valence-electron chi connectivity index (χ0n) is 11.3. The van der Waals surface area contributed by atoms with Crippen LogP contribution in [0.25, 0.3) is 0 Å². The fraction of sp³-hybridized carbons (Fsp3) is 0.250. The van der Waals surface area contributed by atoms with Crippen LogP contribution in [0.4, 0.5) is 13.2 Å². The summed E-state index contributed by atoms with van der Waals surface area (Å²) in [5.74, 6) is -1.83. The molecule has 0 spiro atoms. The Morgan fingerprint density at radius 3 is 2.30 bits per heavy atom. The van der Waals surface area contributed by atoms with Crippen LogP contribution >= 0.6 is 0 Å². The molecule has 0 aliphatic carbocycles. The minimum atomic E-state index is -1.44. The third kappa shape index (κ3) is 3.02. The van der Waals surface area contributed by atoms with Gasteiger partial charge in [-0.2, -0.15) is 0 Å². The van der Waals surface area contributed by atoms with Crippen LogP contribution in [0, 0.1) is 24.4 Å². The Hall–Kier alpha value is -1.81. The molecule has 0 heterocycles. The van der Waals surface area contributed by atoms with Gasteiger partial charge in [0.25, 0.3) is 0 Å². The van der Waals surface area contributed by atoms with Crippen LogP contribution < -0.4 is 0 Å². The van der Waals surface area contributed by atoms with Crippen LogP contribution in [0.15, 0.2) is 36.4 Å². The molecule has 0 fully saturated rings. The zero-order chi connectivity index (χ0) is 14.9. The van der Waals surface area contributed by atoms with E-state index in [0.29, 0.717) is 11.1 Å². The lowest BCUT2D eigenvalue weighted by Gasteiger charge is -2.24. The Morgan fingerprint density at radius 2 is 1.70 bits per heavy atom. The number of hydrogen-bond acceptors (Lipinski definition) is 1. The molecule has 1 N–H and O–H groups in total. The number of halogens is 3. The van der Waals surface area contributed by atoms with Gasteiger partial charge in [0.2, 0.25) is 0 Å². The molecule has 2 rings (SSSR count). The summed E-state index contributed by atoms with van der Waals surface area (Å²) in [6.07, 6.45) is -0.0678. The van der Waals surface area contributed by atoms with Gasteiger partial charge in [-0.05, 0) is 42.7 Å². The first-order chi connectivity index (χ1) is 9.29. The minimum Gasteiger partial charge on any atom is -0.385 e. The molecule has 1 unspecified atom stereocenters. The molecule has 0 aliphatic rings. The third-order valence-electron chi connectivity index (χ3n) is 3.34. The summed E-state index contributed by atoms with van der Waals surface area (Å²) in [6.45, 7) is 3.09. The lowest BCUT2D eigenvalue weighted by molar-refractivity contribution is 0.0563. The van der Waals surface area contributed by atoms with Crippen LogP contribution in [-0.4, -0.2) is 5.11 Å². The maximum atomic E-state index is 13.6. The molecule has 0 aromatic heterocycles. The molecule has 2 aromatic carbocycles. The zero-order valence-corrected chi connectivity index (χ0v) is 11.3. The minimum absolute atomic E-state index is 0.0678. The highest BCUT2D eigenvalue weighted by molar-refractivity contribution is 5.30. The molecule has 0 saturated heterocycles. The molecule has 0 radical (unpaired) electrons. The van der Waals surface area contributed by atoms with Crippen molar-refractivity contribution in [3.05, 3.63) is 70.5 Å². The standard InChI is InChI=1S/C16H15F3O/c1-10-3-5-12(7-14(10)18)16(2,20)9-11-4-6-13(17)8-15(11)19/h3-8,20H,9H2,1-2H3. The van der Waals surface area contributed by atoms with E-state index in [1.165, 1.54) is 19.1 Å². The number of aliphatic hydroxyl groups is 1. The first-order valence-electron chi connectivity index (χ1n) is 6.22. The quantitative estimate of drug-likeness (QED) is 0.905. The van der Waals surface area contributed by atoms with E-state index in [0.717, 1.165) is 12.1 Å². The number of rotatable bonds is 3. The molecule has 0 amide bonds. The molecular weight excluding hydrogens is 265 g/mol. The highest BCUT2D eigenvalue weighted by Gasteiger charge is 2.25. The predicted octanol–water partition coefficient (Wildman–Crippen LogP) is 3.86. The van der Waals surface area contributed by atoms with Gasteiger partial charge in [0.15, 0.2) is 0 Å². The maximum Gasteiger partial charge on any atom is 0.129 e. The Morgan fingerprint density at radius 1 is 1.00 bits per heavy atom. The summed E-state index contributed by atoms with van der Waals surface area (Å²) in [5, 5.41) is 10.4. The van der Waals surface area contributed by atoms with Crippen molar-refractivity contribution in [1.29, 1.82) is 0 Å². The predicted molar refractivity (Wildman–Crippen MR) is 70.8 cm³/mol. The topological polar surface area (TPSA) is 20.2 Å². The second kappa shape index (κ2) is 5.29. The Bertz CT molecular complexity index is 636. The molecule has 20 heavy (non-hydrogen) atoms. The van der Waals surface area contributed by atoms with E-state index in [2.05, 4.69) is 0 Å². The van der Waals surface area contributed by atoms with Crippen LogP contribution in [0.5, 0.6) is 0 Å². The van der Waals surface area contributed by atoms with Gasteiger partial charge in [0.05, 0.1) is 5.60 Å². The number of hydrogen-bond donors (Lipinski definition) is 1. The van der Waals surface area contributed by atoms with E-state index in [9.17, 15) is 18.3 Å². The van der Waals surface area contributed by atoms with Gasteiger partial charge in [0, 0.05) is 12.5 Å². The van der Waals surface area contributed by atoms with Crippen LogP contribution in [0.3, 0.4) is 0 Å². The summed E-state index contributed by atoms with van der Waals surface area (Å²) in [7, 11) is 0. The average molecular weight is 280 g/mol. The summed E-state index contributed by atoms with van der Waals surface area (Å²) in [5.41, 5.74) is -0.438. The van der Waals surface area contributed by atoms with Crippen molar-refractivity contribution in [1.82, 2.24) is 0 Å². The van der Waals surface area contributed by atoms with Crippen molar-refractivity contribution in [3.63, 3.8) is 0 Å². The largest absolute Gasteiger partial charge is 0.385 e. The van der Waals surface area contributed by atoms with Gasteiger partial charge in [0.1, 0.15) is 17.5 Å². The van der Waals surface area contributed by atoms with Crippen molar-refractivity contribution in [2.24, 2.45) is 0 Å².